The first kappa shape index (κ1) is 23.9. The zero-order valence-electron chi connectivity index (χ0n) is 19.0. The van der Waals surface area contributed by atoms with E-state index in [1.165, 1.54) is 11.0 Å². The van der Waals surface area contributed by atoms with Gasteiger partial charge in [0.15, 0.2) is 5.78 Å². The van der Waals surface area contributed by atoms with E-state index in [9.17, 15) is 19.1 Å². The largest absolute Gasteiger partial charge is 0.497 e. The number of nitrogens with one attached hydrogen (secondary N) is 1. The molecule has 2 aromatic rings. The van der Waals surface area contributed by atoms with Gasteiger partial charge in [-0.15, -0.1) is 0 Å². The molecule has 0 bridgehead atoms. The third kappa shape index (κ3) is 5.75. The van der Waals surface area contributed by atoms with E-state index in [2.05, 4.69) is 25.0 Å². The Bertz CT molecular complexity index is 975. The Labute approximate surface area is 189 Å². The number of halogens is 1. The van der Waals surface area contributed by atoms with Crippen molar-refractivity contribution < 1.29 is 23.8 Å². The molecule has 2 N–H and O–H groups in total. The lowest BCUT2D eigenvalue weighted by atomic mass is 9.97. The molecule has 2 aromatic carbocycles. The number of aliphatic hydroxyl groups excluding tert-OH is 1. The number of ketones is 1. The molecule has 172 valence electrons. The summed E-state index contributed by atoms with van der Waals surface area (Å²) in [6.07, 6.45) is -0.0523. The van der Waals surface area contributed by atoms with Gasteiger partial charge in [-0.3, -0.25) is 4.79 Å². The lowest BCUT2D eigenvalue weighted by Crippen LogP contribution is -2.43. The number of Topliss-reactive ketones (excluding diaryl/α,β-unsaturated/α-hetero) is 1. The van der Waals surface area contributed by atoms with Crippen molar-refractivity contribution in [2.24, 2.45) is 0 Å². The second-order valence-corrected chi connectivity index (χ2v) is 14.3. The van der Waals surface area contributed by atoms with Gasteiger partial charge in [0.25, 0.3) is 0 Å². The molecular weight excluding hydrogens is 427 g/mol. The van der Waals surface area contributed by atoms with Crippen LogP contribution in [0.2, 0.25) is 19.6 Å². The highest BCUT2D eigenvalue weighted by Gasteiger charge is 2.29. The van der Waals surface area contributed by atoms with Crippen LogP contribution in [0.3, 0.4) is 0 Å². The molecule has 0 saturated carbocycles. The molecule has 3 rings (SSSR count). The van der Waals surface area contributed by atoms with Gasteiger partial charge in [0.1, 0.15) is 17.6 Å². The van der Waals surface area contributed by atoms with Gasteiger partial charge in [-0.1, -0.05) is 43.9 Å². The zero-order chi connectivity index (χ0) is 23.5. The molecule has 1 aliphatic rings. The zero-order valence-corrected chi connectivity index (χ0v) is 20.0. The molecule has 0 aliphatic carbocycles. The minimum atomic E-state index is -1.82. The SMILES string of the molecule is COc1ccc([C@@H](NC(=O)N2CC[C@H](O)C2)C(=O)Cc2ccc([Si](C)(C)C)c(F)c2)cc1. The van der Waals surface area contributed by atoms with Crippen molar-refractivity contribution in [3.63, 3.8) is 0 Å². The summed E-state index contributed by atoms with van der Waals surface area (Å²) in [5.74, 6) is 0.104. The van der Waals surface area contributed by atoms with E-state index in [0.29, 0.717) is 29.8 Å². The molecule has 1 heterocycles. The van der Waals surface area contributed by atoms with Crippen LogP contribution in [-0.2, 0) is 11.2 Å². The number of ether oxygens (including phenoxy) is 1. The van der Waals surface area contributed by atoms with Crippen molar-refractivity contribution in [1.82, 2.24) is 10.2 Å². The molecule has 0 unspecified atom stereocenters. The maximum absolute atomic E-state index is 14.7. The summed E-state index contributed by atoms with van der Waals surface area (Å²) in [7, 11) is -0.269. The van der Waals surface area contributed by atoms with Crippen molar-refractivity contribution in [2.45, 2.75) is 44.6 Å². The van der Waals surface area contributed by atoms with Crippen LogP contribution < -0.4 is 15.2 Å². The molecule has 1 saturated heterocycles. The molecule has 1 aliphatic heterocycles. The normalized spacial score (nSPS) is 17.2. The second kappa shape index (κ2) is 9.83. The number of benzene rings is 2. The van der Waals surface area contributed by atoms with Gasteiger partial charge in [-0.2, -0.15) is 0 Å². The van der Waals surface area contributed by atoms with Gasteiger partial charge in [0, 0.05) is 19.5 Å². The highest BCUT2D eigenvalue weighted by atomic mass is 28.3. The van der Waals surface area contributed by atoms with Crippen LogP contribution in [0.5, 0.6) is 5.75 Å². The predicted octanol–water partition coefficient (Wildman–Crippen LogP) is 3.01. The van der Waals surface area contributed by atoms with Crippen LogP contribution in [-0.4, -0.2) is 56.2 Å². The quantitative estimate of drug-likeness (QED) is 0.625. The number of β-amino-alcohol motifs (C(OH)–C–C–N with tert-alkyl or cyclic N) is 1. The molecule has 2 atom stereocenters. The van der Waals surface area contributed by atoms with Gasteiger partial charge >= 0.3 is 6.03 Å². The molecule has 32 heavy (non-hydrogen) atoms. The molecule has 1 fully saturated rings. The number of nitrogens with zero attached hydrogens (tertiary/aromatic N) is 1. The fourth-order valence-electron chi connectivity index (χ4n) is 3.87. The first-order valence-corrected chi connectivity index (χ1v) is 14.3. The van der Waals surface area contributed by atoms with Crippen molar-refractivity contribution in [2.75, 3.05) is 20.2 Å². The van der Waals surface area contributed by atoms with Gasteiger partial charge in [0.05, 0.1) is 21.3 Å². The van der Waals surface area contributed by atoms with Crippen LogP contribution in [0.15, 0.2) is 42.5 Å². The maximum atomic E-state index is 14.7. The molecule has 0 radical (unpaired) electrons. The maximum Gasteiger partial charge on any atom is 0.318 e. The Balaban J connectivity index is 1.82. The fourth-order valence-corrected chi connectivity index (χ4v) is 5.24. The Kier molecular flexibility index (Phi) is 7.35. The summed E-state index contributed by atoms with van der Waals surface area (Å²) in [4.78, 5) is 27.5. The number of hydrogen-bond donors (Lipinski definition) is 2. The molecule has 8 heteroatoms. The van der Waals surface area contributed by atoms with Crippen LogP contribution in [0.1, 0.15) is 23.6 Å². The number of aliphatic hydroxyl groups is 1. The highest BCUT2D eigenvalue weighted by molar-refractivity contribution is 6.88. The number of urea groups is 1. The Morgan fingerprint density at radius 2 is 1.91 bits per heavy atom. The van der Waals surface area contributed by atoms with Crippen LogP contribution >= 0.6 is 0 Å². The number of carbonyl (C=O) groups excluding carboxylic acids is 2. The van der Waals surface area contributed by atoms with E-state index in [4.69, 9.17) is 4.74 Å². The van der Waals surface area contributed by atoms with E-state index >= 15 is 0 Å². The summed E-state index contributed by atoms with van der Waals surface area (Å²) in [6.45, 7) is 6.88. The Morgan fingerprint density at radius 1 is 1.22 bits per heavy atom. The average Bonchev–Trinajstić information content (AvgIpc) is 3.17. The van der Waals surface area contributed by atoms with Crippen molar-refractivity contribution >= 4 is 25.1 Å². The Hall–Kier alpha value is -2.71. The van der Waals surface area contributed by atoms with Crippen LogP contribution in [0.25, 0.3) is 0 Å². The first-order valence-electron chi connectivity index (χ1n) is 10.8. The summed E-state index contributed by atoms with van der Waals surface area (Å²) >= 11 is 0. The first-order chi connectivity index (χ1) is 15.1. The molecule has 2 amide bonds. The van der Waals surface area contributed by atoms with Crippen LogP contribution in [0.4, 0.5) is 9.18 Å². The molecule has 0 aromatic heterocycles. The number of likely N-dealkylation sites (tertiary alicyclic amines) is 1. The third-order valence-corrected chi connectivity index (χ3v) is 7.73. The van der Waals surface area contributed by atoms with E-state index in [1.807, 2.05) is 0 Å². The number of hydrogen-bond acceptors (Lipinski definition) is 4. The van der Waals surface area contributed by atoms with Crippen molar-refractivity contribution in [3.8, 4) is 5.75 Å². The Morgan fingerprint density at radius 3 is 2.44 bits per heavy atom. The van der Waals surface area contributed by atoms with E-state index in [-0.39, 0.29) is 24.6 Å². The lowest BCUT2D eigenvalue weighted by molar-refractivity contribution is -0.120. The standard InChI is InChI=1S/C24H31FN2O4Si/c1-31-19-8-6-17(7-9-19)23(26-24(30)27-12-11-18(28)15-27)21(29)14-16-5-10-22(20(25)13-16)32(2,3)4/h5-10,13,18,23,28H,11-12,14-15H2,1-4H3,(H,26,30)/t18-,23+/m0/s1. The minimum absolute atomic E-state index is 0.0114. The molecule has 0 spiro atoms. The van der Waals surface area contributed by atoms with E-state index in [0.717, 1.165) is 5.19 Å². The topological polar surface area (TPSA) is 78.9 Å². The smallest absolute Gasteiger partial charge is 0.318 e. The van der Waals surface area contributed by atoms with Gasteiger partial charge in [0.2, 0.25) is 0 Å². The van der Waals surface area contributed by atoms with Gasteiger partial charge in [-0.25, -0.2) is 9.18 Å². The minimum Gasteiger partial charge on any atom is -0.497 e. The fraction of sp³-hybridized carbons (Fsp3) is 0.417. The number of carbonyl (C=O) groups is 2. The summed E-state index contributed by atoms with van der Waals surface area (Å²) in [6, 6.07) is 10.6. The summed E-state index contributed by atoms with van der Waals surface area (Å²) in [5, 5.41) is 13.3. The van der Waals surface area contributed by atoms with Crippen molar-refractivity contribution in [3.05, 3.63) is 59.4 Å². The van der Waals surface area contributed by atoms with Crippen LogP contribution in [0, 0.1) is 5.82 Å². The van der Waals surface area contributed by atoms with Gasteiger partial charge < -0.3 is 20.1 Å². The third-order valence-electron chi connectivity index (χ3n) is 5.71. The average molecular weight is 459 g/mol. The lowest BCUT2D eigenvalue weighted by Gasteiger charge is -2.23. The predicted molar refractivity (Wildman–Crippen MR) is 125 cm³/mol. The van der Waals surface area contributed by atoms with E-state index < -0.39 is 26.3 Å². The molecular formula is C24H31FN2O4Si. The monoisotopic (exact) mass is 458 g/mol. The number of rotatable bonds is 7. The number of methoxy groups -OCH3 is 1. The van der Waals surface area contributed by atoms with E-state index in [1.54, 1.807) is 43.5 Å². The van der Waals surface area contributed by atoms with Gasteiger partial charge in [-0.05, 0) is 40.9 Å². The summed E-state index contributed by atoms with van der Waals surface area (Å²) < 4.78 is 19.8. The second-order valence-electron chi connectivity index (χ2n) is 9.25. The highest BCUT2D eigenvalue weighted by Crippen LogP contribution is 2.22. The summed E-state index contributed by atoms with van der Waals surface area (Å²) in [5.41, 5.74) is 1.18. The van der Waals surface area contributed by atoms with Crippen molar-refractivity contribution in [1.29, 1.82) is 0 Å². The number of amides is 2. The molecule has 6 nitrogen and oxygen atoms in total.